The molecule has 0 fully saturated rings. The van der Waals surface area contributed by atoms with Crippen LogP contribution in [0.5, 0.6) is 5.88 Å². The summed E-state index contributed by atoms with van der Waals surface area (Å²) in [5.74, 6) is 0.838. The van der Waals surface area contributed by atoms with E-state index in [2.05, 4.69) is 65.6 Å². The minimum Gasteiger partial charge on any atom is -0.481 e. The van der Waals surface area contributed by atoms with Gasteiger partial charge in [0.2, 0.25) is 5.88 Å². The molecule has 5 rings (SSSR count). The molecule has 2 aliphatic heterocycles. The maximum Gasteiger partial charge on any atom is 0.216 e. The maximum absolute atomic E-state index is 13.7. The lowest BCUT2D eigenvalue weighted by Crippen LogP contribution is -2.51. The fourth-order valence-corrected chi connectivity index (χ4v) is 5.88. The molecule has 1 aromatic heterocycles. The van der Waals surface area contributed by atoms with E-state index in [0.717, 1.165) is 51.9 Å². The first kappa shape index (κ1) is 21.6. The van der Waals surface area contributed by atoms with Gasteiger partial charge in [-0.05, 0) is 54.0 Å². The van der Waals surface area contributed by atoms with Crippen molar-refractivity contribution >= 4 is 5.78 Å². The number of rotatable bonds is 4. The van der Waals surface area contributed by atoms with E-state index in [0.29, 0.717) is 12.3 Å². The molecule has 0 bridgehead atoms. The van der Waals surface area contributed by atoms with Crippen LogP contribution in [0.4, 0.5) is 0 Å². The van der Waals surface area contributed by atoms with Crippen LogP contribution in [0.25, 0.3) is 11.1 Å². The second-order valence-corrected chi connectivity index (χ2v) is 9.99. The second-order valence-electron chi connectivity index (χ2n) is 9.99. The molecule has 1 aliphatic carbocycles. The van der Waals surface area contributed by atoms with Crippen LogP contribution in [0.3, 0.4) is 0 Å². The van der Waals surface area contributed by atoms with Gasteiger partial charge in [0, 0.05) is 35.0 Å². The number of aromatic nitrogens is 1. The fourth-order valence-electron chi connectivity index (χ4n) is 5.88. The summed E-state index contributed by atoms with van der Waals surface area (Å²) in [7, 11) is 1.64. The van der Waals surface area contributed by atoms with E-state index in [-0.39, 0.29) is 17.4 Å². The number of allylic oxidation sites excluding steroid dienone is 2. The fraction of sp³-hybridized carbons (Fsp3) is 0.407. The van der Waals surface area contributed by atoms with E-state index in [4.69, 9.17) is 4.74 Å². The van der Waals surface area contributed by atoms with Crippen molar-refractivity contribution in [1.82, 2.24) is 10.3 Å². The average molecular weight is 443 g/mol. The molecule has 0 saturated heterocycles. The molecule has 2 aromatic rings. The topological polar surface area (TPSA) is 75.9 Å². The number of carbonyl (C=O) groups is 1. The Morgan fingerprint density at radius 2 is 2.03 bits per heavy atom. The number of Topliss-reactive ketones (excluding diaryl/α,β-unsaturated/α-hetero) is 1. The van der Waals surface area contributed by atoms with Crippen molar-refractivity contribution in [2.45, 2.75) is 58.5 Å². The van der Waals surface area contributed by atoms with Crippen molar-refractivity contribution in [2.24, 2.45) is 15.6 Å². The summed E-state index contributed by atoms with van der Waals surface area (Å²) in [6, 6.07) is 10.5. The highest BCUT2D eigenvalue weighted by Gasteiger charge is 2.52. The van der Waals surface area contributed by atoms with E-state index in [1.54, 1.807) is 13.3 Å². The van der Waals surface area contributed by atoms with Crippen molar-refractivity contribution in [1.29, 1.82) is 0 Å². The number of methoxy groups -OCH3 is 1. The Kier molecular flexibility index (Phi) is 5.00. The largest absolute Gasteiger partial charge is 0.481 e. The number of nitrogens with zero attached hydrogens (tertiary/aromatic N) is 3. The van der Waals surface area contributed by atoms with E-state index in [1.807, 2.05) is 19.2 Å². The predicted molar refractivity (Wildman–Crippen MR) is 128 cm³/mol. The van der Waals surface area contributed by atoms with E-state index < -0.39 is 5.41 Å². The van der Waals surface area contributed by atoms with Crippen molar-refractivity contribution < 1.29 is 9.53 Å². The average Bonchev–Trinajstić information content (AvgIpc) is 3.26. The van der Waals surface area contributed by atoms with Crippen molar-refractivity contribution in [3.8, 4) is 17.0 Å². The van der Waals surface area contributed by atoms with Gasteiger partial charge in [-0.25, -0.2) is 4.98 Å². The molecule has 1 aromatic carbocycles. The monoisotopic (exact) mass is 442 g/mol. The Morgan fingerprint density at radius 3 is 2.79 bits per heavy atom. The minimum absolute atomic E-state index is 0.0775. The Morgan fingerprint density at radius 1 is 1.21 bits per heavy atom. The Balaban J connectivity index is 1.73. The Hall–Kier alpha value is -3.28. The third-order valence-electron chi connectivity index (χ3n) is 7.33. The summed E-state index contributed by atoms with van der Waals surface area (Å²) >= 11 is 0. The quantitative estimate of drug-likeness (QED) is 0.665. The zero-order chi connectivity index (χ0) is 23.4. The molecule has 6 heteroatoms. The number of hydrogen-bond acceptors (Lipinski definition) is 6. The second kappa shape index (κ2) is 7.65. The normalized spacial score (nSPS) is 25.3. The molecule has 3 aliphatic rings. The number of ketones is 1. The highest BCUT2D eigenvalue weighted by atomic mass is 16.5. The summed E-state index contributed by atoms with van der Waals surface area (Å²) in [4.78, 5) is 18.0. The number of benzene rings is 1. The third kappa shape index (κ3) is 3.23. The van der Waals surface area contributed by atoms with Gasteiger partial charge in [-0.15, -0.1) is 0 Å². The number of pyridine rings is 1. The maximum atomic E-state index is 13.7. The van der Waals surface area contributed by atoms with E-state index in [9.17, 15) is 4.79 Å². The van der Waals surface area contributed by atoms with Crippen LogP contribution in [0.15, 0.2) is 69.8 Å². The molecule has 170 valence electrons. The SMILES string of the molecule is CCC1(c2cccc(-c3ccnc(OC)c3C)c2)C2=CN=NC2NC2=C1C(=O)CC(C)(C)C2. The summed E-state index contributed by atoms with van der Waals surface area (Å²) < 4.78 is 5.45. The van der Waals surface area contributed by atoms with E-state index >= 15 is 0 Å². The number of carbonyl (C=O) groups excluding carboxylic acids is 1. The van der Waals surface area contributed by atoms with Crippen LogP contribution >= 0.6 is 0 Å². The highest BCUT2D eigenvalue weighted by Crippen LogP contribution is 2.54. The molecule has 0 spiro atoms. The lowest BCUT2D eigenvalue weighted by molar-refractivity contribution is -0.119. The first-order valence-electron chi connectivity index (χ1n) is 11.5. The Labute approximate surface area is 194 Å². The van der Waals surface area contributed by atoms with Crippen LogP contribution < -0.4 is 10.1 Å². The van der Waals surface area contributed by atoms with E-state index in [1.165, 1.54) is 0 Å². The van der Waals surface area contributed by atoms with Crippen LogP contribution in [-0.4, -0.2) is 24.0 Å². The van der Waals surface area contributed by atoms with Gasteiger partial charge >= 0.3 is 0 Å². The molecular formula is C27H30N4O2. The summed E-state index contributed by atoms with van der Waals surface area (Å²) in [6.07, 6.45) is 5.53. The van der Waals surface area contributed by atoms with Crippen LogP contribution in [0, 0.1) is 12.3 Å². The number of fused-ring (bicyclic) bond motifs is 1. The summed E-state index contributed by atoms with van der Waals surface area (Å²) in [5.41, 5.74) is 6.57. The van der Waals surface area contributed by atoms with Gasteiger partial charge in [0.05, 0.1) is 18.7 Å². The van der Waals surface area contributed by atoms with Crippen LogP contribution in [0.1, 0.15) is 51.2 Å². The number of nitrogens with one attached hydrogen (secondary N) is 1. The molecule has 3 heterocycles. The number of azo groups is 1. The highest BCUT2D eigenvalue weighted by molar-refractivity contribution is 6.01. The molecule has 6 nitrogen and oxygen atoms in total. The molecule has 0 amide bonds. The van der Waals surface area contributed by atoms with Gasteiger partial charge in [0.15, 0.2) is 11.9 Å². The third-order valence-corrected chi connectivity index (χ3v) is 7.33. The number of ether oxygens (including phenoxy) is 1. The predicted octanol–water partition coefficient (Wildman–Crippen LogP) is 5.64. The van der Waals surface area contributed by atoms with Crippen LogP contribution in [-0.2, 0) is 10.2 Å². The van der Waals surface area contributed by atoms with Crippen LogP contribution in [0.2, 0.25) is 0 Å². The zero-order valence-electron chi connectivity index (χ0n) is 19.9. The standard InChI is InChI=1S/C27H30N4O2/c1-6-27(18-9-7-8-17(12-18)19-10-11-28-25(33-5)16(19)2)20-15-29-31-24(20)30-21-13-26(3,4)14-22(32)23(21)27/h7-12,15,24,30H,6,13-14H2,1-5H3. The zero-order valence-corrected chi connectivity index (χ0v) is 19.9. The lowest BCUT2D eigenvalue weighted by atomic mass is 9.58. The smallest absolute Gasteiger partial charge is 0.216 e. The first-order chi connectivity index (χ1) is 15.8. The molecule has 1 N–H and O–H groups in total. The Bertz CT molecular complexity index is 1240. The molecule has 33 heavy (non-hydrogen) atoms. The first-order valence-corrected chi connectivity index (χ1v) is 11.5. The minimum atomic E-state index is -0.552. The van der Waals surface area contributed by atoms with Crippen molar-refractivity contribution in [2.75, 3.05) is 7.11 Å². The van der Waals surface area contributed by atoms with Gasteiger partial charge in [-0.3, -0.25) is 4.79 Å². The van der Waals surface area contributed by atoms with Gasteiger partial charge in [0.25, 0.3) is 0 Å². The van der Waals surface area contributed by atoms with Crippen molar-refractivity contribution in [3.63, 3.8) is 0 Å². The molecule has 0 saturated carbocycles. The van der Waals surface area contributed by atoms with Crippen molar-refractivity contribution in [3.05, 3.63) is 70.7 Å². The lowest BCUT2D eigenvalue weighted by Gasteiger charge is -2.47. The molecule has 0 radical (unpaired) electrons. The molecular weight excluding hydrogens is 412 g/mol. The summed E-state index contributed by atoms with van der Waals surface area (Å²) in [6.45, 7) is 8.50. The van der Waals surface area contributed by atoms with Gasteiger partial charge in [-0.1, -0.05) is 39.0 Å². The van der Waals surface area contributed by atoms with Gasteiger partial charge in [0.1, 0.15) is 0 Å². The van der Waals surface area contributed by atoms with Gasteiger partial charge in [-0.2, -0.15) is 10.2 Å². The molecule has 2 atom stereocenters. The van der Waals surface area contributed by atoms with Gasteiger partial charge < -0.3 is 10.1 Å². The summed E-state index contributed by atoms with van der Waals surface area (Å²) in [5, 5.41) is 12.3. The molecule has 2 unspecified atom stereocenters. The number of hydrogen-bond donors (Lipinski definition) is 1.